The molecule has 1 nitrogen and oxygen atoms in total. The monoisotopic (exact) mass is 251 g/mol. The molecule has 0 aromatic heterocycles. The van der Waals surface area contributed by atoms with E-state index < -0.39 is 0 Å². The van der Waals surface area contributed by atoms with Gasteiger partial charge in [0, 0.05) is 5.02 Å². The highest BCUT2D eigenvalue weighted by Crippen LogP contribution is 2.21. The zero-order valence-corrected chi connectivity index (χ0v) is 10.1. The molecule has 82 valence electrons. The molecule has 2 rings (SSSR count). The normalized spacial score (nSPS) is 10.4. The van der Waals surface area contributed by atoms with E-state index in [-0.39, 0.29) is 0 Å². The van der Waals surface area contributed by atoms with Crippen molar-refractivity contribution in [3.63, 3.8) is 0 Å². The predicted molar refractivity (Wildman–Crippen MR) is 70.1 cm³/mol. The predicted octanol–water partition coefficient (Wildman–Crippen LogP) is 4.17. The summed E-state index contributed by atoms with van der Waals surface area (Å²) in [6, 6.07) is 13.5. The van der Waals surface area contributed by atoms with E-state index in [4.69, 9.17) is 28.9 Å². The number of nitrogen functional groups attached to an aromatic ring is 1. The summed E-state index contributed by atoms with van der Waals surface area (Å²) in [4.78, 5) is 0. The van der Waals surface area contributed by atoms with Crippen LogP contribution in [0.1, 0.15) is 11.1 Å². The second kappa shape index (κ2) is 4.77. The number of nitrogens with two attached hydrogens (primary N) is 1. The van der Waals surface area contributed by atoms with Crippen LogP contribution in [0.15, 0.2) is 42.5 Å². The molecule has 0 atom stereocenters. The van der Waals surface area contributed by atoms with Gasteiger partial charge in [0.25, 0.3) is 0 Å². The zero-order chi connectivity index (χ0) is 11.5. The van der Waals surface area contributed by atoms with Crippen LogP contribution >= 0.6 is 23.2 Å². The minimum Gasteiger partial charge on any atom is -0.398 e. The lowest BCUT2D eigenvalue weighted by molar-refractivity contribution is 1.19. The number of anilines is 1. The first-order valence-electron chi connectivity index (χ1n) is 4.93. The van der Waals surface area contributed by atoms with Crippen LogP contribution in [0, 0.1) is 0 Å². The highest BCUT2D eigenvalue weighted by molar-refractivity contribution is 6.33. The molecule has 0 spiro atoms. The molecule has 0 saturated carbocycles. The summed E-state index contributed by atoms with van der Waals surface area (Å²) < 4.78 is 0. The third-order valence-corrected chi connectivity index (χ3v) is 2.98. The Morgan fingerprint density at radius 2 is 1.50 bits per heavy atom. The largest absolute Gasteiger partial charge is 0.398 e. The van der Waals surface area contributed by atoms with Crippen molar-refractivity contribution in [3.05, 3.63) is 63.6 Å². The summed E-state index contributed by atoms with van der Waals surface area (Å²) in [5.74, 6) is 0. The fraction of sp³-hybridized carbons (Fsp3) is 0.0769. The molecule has 0 aliphatic rings. The van der Waals surface area contributed by atoms with E-state index in [1.807, 2.05) is 42.5 Å². The standard InChI is InChI=1S/C13H11Cl2N/c14-11-4-1-9(2-5-11)7-10-3-6-12(15)13(16)8-10/h1-6,8H,7,16H2. The summed E-state index contributed by atoms with van der Waals surface area (Å²) in [6.07, 6.45) is 0.832. The summed E-state index contributed by atoms with van der Waals surface area (Å²) in [7, 11) is 0. The smallest absolute Gasteiger partial charge is 0.0635 e. The van der Waals surface area contributed by atoms with Crippen molar-refractivity contribution in [1.29, 1.82) is 0 Å². The van der Waals surface area contributed by atoms with Crippen LogP contribution in [0.3, 0.4) is 0 Å². The van der Waals surface area contributed by atoms with Gasteiger partial charge in [0.15, 0.2) is 0 Å². The molecule has 2 aromatic carbocycles. The highest BCUT2D eigenvalue weighted by Gasteiger charge is 2.00. The highest BCUT2D eigenvalue weighted by atomic mass is 35.5. The van der Waals surface area contributed by atoms with Crippen LogP contribution in [0.4, 0.5) is 5.69 Å². The Morgan fingerprint density at radius 3 is 2.12 bits per heavy atom. The molecule has 0 bridgehead atoms. The fourth-order valence-corrected chi connectivity index (χ4v) is 1.78. The SMILES string of the molecule is Nc1cc(Cc2ccc(Cl)cc2)ccc1Cl. The Morgan fingerprint density at radius 1 is 0.875 bits per heavy atom. The van der Waals surface area contributed by atoms with Crippen molar-refractivity contribution in [2.45, 2.75) is 6.42 Å². The van der Waals surface area contributed by atoms with Crippen molar-refractivity contribution in [2.24, 2.45) is 0 Å². The average Bonchev–Trinajstić information content (AvgIpc) is 2.27. The third kappa shape index (κ3) is 2.69. The molecule has 16 heavy (non-hydrogen) atoms. The van der Waals surface area contributed by atoms with Gasteiger partial charge >= 0.3 is 0 Å². The maximum absolute atomic E-state index is 5.86. The Balaban J connectivity index is 2.20. The summed E-state index contributed by atoms with van der Waals surface area (Å²) in [5, 5.41) is 1.35. The molecule has 0 saturated heterocycles. The van der Waals surface area contributed by atoms with Crippen LogP contribution in [-0.4, -0.2) is 0 Å². The molecule has 0 heterocycles. The van der Waals surface area contributed by atoms with Crippen molar-refractivity contribution in [2.75, 3.05) is 5.73 Å². The van der Waals surface area contributed by atoms with Crippen LogP contribution in [0.25, 0.3) is 0 Å². The van der Waals surface area contributed by atoms with Crippen molar-refractivity contribution in [1.82, 2.24) is 0 Å². The number of hydrogen-bond acceptors (Lipinski definition) is 1. The molecule has 0 fully saturated rings. The quantitative estimate of drug-likeness (QED) is 0.797. The molecule has 0 amide bonds. The number of benzene rings is 2. The second-order valence-corrected chi connectivity index (χ2v) is 4.50. The molecule has 0 aliphatic heterocycles. The summed E-state index contributed by atoms with van der Waals surface area (Å²) in [5.41, 5.74) is 8.71. The van der Waals surface area contributed by atoms with E-state index in [0.717, 1.165) is 17.0 Å². The van der Waals surface area contributed by atoms with Gasteiger partial charge in [-0.1, -0.05) is 41.4 Å². The van der Waals surface area contributed by atoms with Crippen LogP contribution < -0.4 is 5.73 Å². The van der Waals surface area contributed by atoms with E-state index in [2.05, 4.69) is 0 Å². The van der Waals surface area contributed by atoms with Gasteiger partial charge in [-0.05, 0) is 41.8 Å². The van der Waals surface area contributed by atoms with E-state index in [1.165, 1.54) is 5.56 Å². The lowest BCUT2D eigenvalue weighted by atomic mass is 10.0. The van der Waals surface area contributed by atoms with E-state index in [1.54, 1.807) is 0 Å². The van der Waals surface area contributed by atoms with E-state index in [9.17, 15) is 0 Å². The molecule has 0 unspecified atom stereocenters. The number of hydrogen-bond donors (Lipinski definition) is 1. The van der Waals surface area contributed by atoms with Gasteiger partial charge in [-0.3, -0.25) is 0 Å². The molecule has 2 aromatic rings. The van der Waals surface area contributed by atoms with Gasteiger partial charge in [-0.15, -0.1) is 0 Å². The van der Waals surface area contributed by atoms with Crippen LogP contribution in [0.2, 0.25) is 10.0 Å². The Kier molecular flexibility index (Phi) is 3.37. The van der Waals surface area contributed by atoms with Gasteiger partial charge in [-0.2, -0.15) is 0 Å². The van der Waals surface area contributed by atoms with Gasteiger partial charge in [0.2, 0.25) is 0 Å². The number of halogens is 2. The Hall–Kier alpha value is -1.18. The summed E-state index contributed by atoms with van der Waals surface area (Å²) >= 11 is 11.7. The molecule has 3 heteroatoms. The third-order valence-electron chi connectivity index (χ3n) is 2.38. The minimum absolute atomic E-state index is 0.597. The van der Waals surface area contributed by atoms with Gasteiger partial charge in [0.05, 0.1) is 10.7 Å². The summed E-state index contributed by atoms with van der Waals surface area (Å²) in [6.45, 7) is 0. The minimum atomic E-state index is 0.597. The van der Waals surface area contributed by atoms with Crippen LogP contribution in [-0.2, 0) is 6.42 Å². The molecule has 0 aliphatic carbocycles. The first kappa shape index (κ1) is 11.3. The first-order chi connectivity index (χ1) is 7.65. The lowest BCUT2D eigenvalue weighted by Gasteiger charge is -2.04. The molecular weight excluding hydrogens is 241 g/mol. The van der Waals surface area contributed by atoms with E-state index >= 15 is 0 Å². The Labute approximate surface area is 105 Å². The van der Waals surface area contributed by atoms with Crippen molar-refractivity contribution < 1.29 is 0 Å². The van der Waals surface area contributed by atoms with Crippen LogP contribution in [0.5, 0.6) is 0 Å². The van der Waals surface area contributed by atoms with E-state index in [0.29, 0.717) is 10.7 Å². The Bertz CT molecular complexity index is 492. The molecular formula is C13H11Cl2N. The van der Waals surface area contributed by atoms with Gasteiger partial charge in [-0.25, -0.2) is 0 Å². The maximum atomic E-state index is 5.86. The fourth-order valence-electron chi connectivity index (χ4n) is 1.54. The first-order valence-corrected chi connectivity index (χ1v) is 5.69. The zero-order valence-electron chi connectivity index (χ0n) is 8.58. The van der Waals surface area contributed by atoms with Gasteiger partial charge in [0.1, 0.15) is 0 Å². The molecule has 2 N–H and O–H groups in total. The number of rotatable bonds is 2. The lowest BCUT2D eigenvalue weighted by Crippen LogP contribution is -1.91. The second-order valence-electron chi connectivity index (χ2n) is 3.66. The van der Waals surface area contributed by atoms with Gasteiger partial charge < -0.3 is 5.73 Å². The molecule has 0 radical (unpaired) electrons. The average molecular weight is 252 g/mol. The topological polar surface area (TPSA) is 26.0 Å². The van der Waals surface area contributed by atoms with Crippen molar-refractivity contribution >= 4 is 28.9 Å². The maximum Gasteiger partial charge on any atom is 0.0635 e. The van der Waals surface area contributed by atoms with Crippen molar-refractivity contribution in [3.8, 4) is 0 Å².